The van der Waals surface area contributed by atoms with Gasteiger partial charge in [-0.3, -0.25) is 9.59 Å². The van der Waals surface area contributed by atoms with E-state index in [2.05, 4.69) is 5.32 Å². The van der Waals surface area contributed by atoms with E-state index in [4.69, 9.17) is 4.74 Å². The SMILES string of the molecule is Cc1cc(=O)c(CNC(=O)C(C)(C)C)c2n1CCO2. The first-order chi connectivity index (χ1) is 8.80. The first kappa shape index (κ1) is 13.6. The van der Waals surface area contributed by atoms with Crippen LogP contribution in [0, 0.1) is 12.3 Å². The summed E-state index contributed by atoms with van der Waals surface area (Å²) in [7, 11) is 0. The minimum Gasteiger partial charge on any atom is -0.477 e. The molecular formula is C14H20N2O3. The van der Waals surface area contributed by atoms with E-state index in [1.807, 2.05) is 32.3 Å². The van der Waals surface area contributed by atoms with Gasteiger partial charge >= 0.3 is 0 Å². The van der Waals surface area contributed by atoms with E-state index in [1.54, 1.807) is 6.07 Å². The molecule has 1 aromatic rings. The second-order valence-corrected chi connectivity index (χ2v) is 5.87. The Morgan fingerprint density at radius 1 is 1.47 bits per heavy atom. The number of carbonyl (C=O) groups excluding carboxylic acids is 1. The summed E-state index contributed by atoms with van der Waals surface area (Å²) in [6.45, 7) is 8.94. The van der Waals surface area contributed by atoms with Crippen LogP contribution in [0.3, 0.4) is 0 Å². The second-order valence-electron chi connectivity index (χ2n) is 5.87. The molecule has 0 spiro atoms. The van der Waals surface area contributed by atoms with Crippen LogP contribution in [0.5, 0.6) is 5.88 Å². The van der Waals surface area contributed by atoms with E-state index < -0.39 is 5.41 Å². The number of rotatable bonds is 2. The van der Waals surface area contributed by atoms with Crippen molar-refractivity contribution in [1.82, 2.24) is 9.88 Å². The van der Waals surface area contributed by atoms with Gasteiger partial charge < -0.3 is 14.6 Å². The fraction of sp³-hybridized carbons (Fsp3) is 0.571. The maximum absolute atomic E-state index is 12.0. The Hall–Kier alpha value is -1.78. The molecule has 2 heterocycles. The lowest BCUT2D eigenvalue weighted by Gasteiger charge is -2.18. The zero-order chi connectivity index (χ0) is 14.2. The Labute approximate surface area is 112 Å². The Kier molecular flexibility index (Phi) is 3.39. The molecule has 1 amide bonds. The van der Waals surface area contributed by atoms with Gasteiger partial charge in [0.25, 0.3) is 0 Å². The van der Waals surface area contributed by atoms with Gasteiger partial charge in [0.2, 0.25) is 11.8 Å². The number of aromatic nitrogens is 1. The molecule has 0 unspecified atom stereocenters. The molecule has 104 valence electrons. The number of fused-ring (bicyclic) bond motifs is 1. The number of aryl methyl sites for hydroxylation is 1. The monoisotopic (exact) mass is 264 g/mol. The zero-order valence-electron chi connectivity index (χ0n) is 11.9. The summed E-state index contributed by atoms with van der Waals surface area (Å²) in [4.78, 5) is 23.9. The number of nitrogens with zero attached hydrogens (tertiary/aromatic N) is 1. The highest BCUT2D eigenvalue weighted by Crippen LogP contribution is 2.22. The summed E-state index contributed by atoms with van der Waals surface area (Å²) < 4.78 is 7.49. The summed E-state index contributed by atoms with van der Waals surface area (Å²) >= 11 is 0. The molecule has 0 bridgehead atoms. The topological polar surface area (TPSA) is 60.3 Å². The highest BCUT2D eigenvalue weighted by atomic mass is 16.5. The number of pyridine rings is 1. The van der Waals surface area contributed by atoms with Gasteiger partial charge in [0.15, 0.2) is 5.43 Å². The molecule has 5 nitrogen and oxygen atoms in total. The van der Waals surface area contributed by atoms with E-state index in [0.717, 1.165) is 12.2 Å². The molecule has 0 saturated heterocycles. The number of hydrogen-bond acceptors (Lipinski definition) is 3. The van der Waals surface area contributed by atoms with Gasteiger partial charge in [0.05, 0.1) is 18.7 Å². The molecule has 19 heavy (non-hydrogen) atoms. The predicted octanol–water partition coefficient (Wildman–Crippen LogP) is 1.21. The van der Waals surface area contributed by atoms with Gasteiger partial charge in [0.1, 0.15) is 6.61 Å². The molecule has 1 aromatic heterocycles. The molecule has 0 radical (unpaired) electrons. The molecule has 1 aliphatic rings. The quantitative estimate of drug-likeness (QED) is 0.873. The Morgan fingerprint density at radius 3 is 2.79 bits per heavy atom. The molecule has 5 heteroatoms. The summed E-state index contributed by atoms with van der Waals surface area (Å²) in [5.74, 6) is 0.517. The smallest absolute Gasteiger partial charge is 0.225 e. The van der Waals surface area contributed by atoms with Crippen LogP contribution in [-0.4, -0.2) is 17.1 Å². The molecule has 0 saturated carbocycles. The largest absolute Gasteiger partial charge is 0.477 e. The van der Waals surface area contributed by atoms with Crippen LogP contribution in [0.4, 0.5) is 0 Å². The van der Waals surface area contributed by atoms with Crippen LogP contribution in [0.1, 0.15) is 32.0 Å². The molecule has 0 fully saturated rings. The van der Waals surface area contributed by atoms with Gasteiger partial charge in [0, 0.05) is 17.2 Å². The molecule has 2 rings (SSSR count). The van der Waals surface area contributed by atoms with Crippen LogP contribution in [-0.2, 0) is 17.9 Å². The maximum atomic E-state index is 12.0. The zero-order valence-corrected chi connectivity index (χ0v) is 11.9. The second kappa shape index (κ2) is 4.72. The van der Waals surface area contributed by atoms with Crippen molar-refractivity contribution in [3.8, 4) is 5.88 Å². The highest BCUT2D eigenvalue weighted by Gasteiger charge is 2.24. The Morgan fingerprint density at radius 2 is 2.16 bits per heavy atom. The molecular weight excluding hydrogens is 244 g/mol. The van der Waals surface area contributed by atoms with Gasteiger partial charge in [-0.25, -0.2) is 0 Å². The number of hydrogen-bond donors (Lipinski definition) is 1. The lowest BCUT2D eigenvalue weighted by molar-refractivity contribution is -0.128. The lowest BCUT2D eigenvalue weighted by Crippen LogP contribution is -2.35. The number of nitrogens with one attached hydrogen (secondary N) is 1. The standard InChI is InChI=1S/C14H20N2O3/c1-9-7-11(17)10(12-16(9)5-6-19-12)8-15-13(18)14(2,3)4/h7H,5-6,8H2,1-4H3,(H,15,18). The number of amides is 1. The summed E-state index contributed by atoms with van der Waals surface area (Å²) in [5, 5.41) is 2.80. The van der Waals surface area contributed by atoms with Crippen molar-refractivity contribution in [2.45, 2.75) is 40.8 Å². The molecule has 0 aromatic carbocycles. The summed E-state index contributed by atoms with van der Waals surface area (Å²) in [6, 6.07) is 1.59. The number of carbonyl (C=O) groups is 1. The van der Waals surface area contributed by atoms with Crippen molar-refractivity contribution >= 4 is 5.91 Å². The normalized spacial score (nSPS) is 13.9. The fourth-order valence-electron chi connectivity index (χ4n) is 2.06. The highest BCUT2D eigenvalue weighted by molar-refractivity contribution is 5.81. The van der Waals surface area contributed by atoms with Crippen molar-refractivity contribution in [1.29, 1.82) is 0 Å². The van der Waals surface area contributed by atoms with Crippen molar-refractivity contribution in [3.63, 3.8) is 0 Å². The molecule has 0 aliphatic carbocycles. The average Bonchev–Trinajstić information content (AvgIpc) is 2.76. The Balaban J connectivity index is 2.25. The lowest BCUT2D eigenvalue weighted by atomic mass is 9.95. The predicted molar refractivity (Wildman–Crippen MR) is 72.2 cm³/mol. The van der Waals surface area contributed by atoms with E-state index in [9.17, 15) is 9.59 Å². The van der Waals surface area contributed by atoms with Crippen LogP contribution >= 0.6 is 0 Å². The first-order valence-corrected chi connectivity index (χ1v) is 6.45. The number of ether oxygens (including phenoxy) is 1. The summed E-state index contributed by atoms with van der Waals surface area (Å²) in [5.41, 5.74) is 0.870. The van der Waals surface area contributed by atoms with Crippen molar-refractivity contribution in [3.05, 3.63) is 27.5 Å². The van der Waals surface area contributed by atoms with E-state index in [1.165, 1.54) is 0 Å². The van der Waals surface area contributed by atoms with Gasteiger partial charge in [-0.05, 0) is 6.92 Å². The Bertz CT molecular complexity index is 567. The van der Waals surface area contributed by atoms with E-state index >= 15 is 0 Å². The maximum Gasteiger partial charge on any atom is 0.225 e. The third kappa shape index (κ3) is 2.64. The third-order valence-electron chi connectivity index (χ3n) is 3.23. The minimum absolute atomic E-state index is 0.0794. The fourth-order valence-corrected chi connectivity index (χ4v) is 2.06. The van der Waals surface area contributed by atoms with Crippen LogP contribution in [0.2, 0.25) is 0 Å². The minimum atomic E-state index is -0.467. The van der Waals surface area contributed by atoms with Crippen molar-refractivity contribution in [2.75, 3.05) is 6.61 Å². The molecule has 0 atom stereocenters. The van der Waals surface area contributed by atoms with E-state index in [0.29, 0.717) is 18.1 Å². The van der Waals surface area contributed by atoms with Gasteiger partial charge in [-0.1, -0.05) is 20.8 Å². The average molecular weight is 264 g/mol. The molecule has 1 N–H and O–H groups in total. The molecule has 1 aliphatic heterocycles. The van der Waals surface area contributed by atoms with E-state index in [-0.39, 0.29) is 17.9 Å². The summed E-state index contributed by atoms with van der Waals surface area (Å²) in [6.07, 6.45) is 0. The first-order valence-electron chi connectivity index (χ1n) is 6.45. The van der Waals surface area contributed by atoms with Gasteiger partial charge in [-0.15, -0.1) is 0 Å². The van der Waals surface area contributed by atoms with Crippen molar-refractivity contribution in [2.24, 2.45) is 5.41 Å². The van der Waals surface area contributed by atoms with Crippen LogP contribution < -0.4 is 15.5 Å². The third-order valence-corrected chi connectivity index (χ3v) is 3.23. The van der Waals surface area contributed by atoms with Crippen LogP contribution in [0.25, 0.3) is 0 Å². The van der Waals surface area contributed by atoms with Crippen molar-refractivity contribution < 1.29 is 9.53 Å². The van der Waals surface area contributed by atoms with Crippen LogP contribution in [0.15, 0.2) is 10.9 Å². The van der Waals surface area contributed by atoms with Gasteiger partial charge in [-0.2, -0.15) is 0 Å².